The van der Waals surface area contributed by atoms with Crippen LogP contribution in [0.15, 0.2) is 36.9 Å². The summed E-state index contributed by atoms with van der Waals surface area (Å²) in [7, 11) is 0. The Kier molecular flexibility index (Phi) is 4.35. The lowest BCUT2D eigenvalue weighted by Crippen LogP contribution is -2.41. The van der Waals surface area contributed by atoms with E-state index < -0.39 is 0 Å². The van der Waals surface area contributed by atoms with Crippen LogP contribution >= 0.6 is 0 Å². The lowest BCUT2D eigenvalue weighted by molar-refractivity contribution is 0.522. The second kappa shape index (κ2) is 5.37. The van der Waals surface area contributed by atoms with Crippen molar-refractivity contribution in [2.45, 2.75) is 39.3 Å². The zero-order valence-electron chi connectivity index (χ0n) is 11.4. The molecule has 0 heterocycles. The maximum Gasteiger partial charge on any atom is 0.0373 e. The smallest absolute Gasteiger partial charge is 0.0373 e. The molecule has 0 amide bonds. The van der Waals surface area contributed by atoms with Crippen molar-refractivity contribution >= 4 is 5.69 Å². The quantitative estimate of drug-likeness (QED) is 0.805. The Balaban J connectivity index is 2.99. The van der Waals surface area contributed by atoms with Gasteiger partial charge in [0.25, 0.3) is 0 Å². The summed E-state index contributed by atoms with van der Waals surface area (Å²) in [6, 6.07) is 8.55. The molecule has 0 fully saturated rings. The Morgan fingerprint density at radius 2 is 1.82 bits per heavy atom. The van der Waals surface area contributed by atoms with Crippen LogP contribution in [0, 0.1) is 0 Å². The molecule has 2 nitrogen and oxygen atoms in total. The maximum absolute atomic E-state index is 5.85. The summed E-state index contributed by atoms with van der Waals surface area (Å²) in [5.74, 6) is 0. The molecule has 0 unspecified atom stereocenters. The van der Waals surface area contributed by atoms with Gasteiger partial charge in [0.1, 0.15) is 0 Å². The normalized spacial score (nSPS) is 13.2. The highest BCUT2D eigenvalue weighted by Gasteiger charge is 2.20. The summed E-state index contributed by atoms with van der Waals surface area (Å²) in [5.41, 5.74) is 8.32. The van der Waals surface area contributed by atoms with Gasteiger partial charge >= 0.3 is 0 Å². The Morgan fingerprint density at radius 1 is 1.29 bits per heavy atom. The summed E-state index contributed by atoms with van der Waals surface area (Å²) >= 11 is 0. The first-order chi connectivity index (χ1) is 7.86. The Bertz CT molecular complexity index is 358. The van der Waals surface area contributed by atoms with Gasteiger partial charge < -0.3 is 10.6 Å². The minimum absolute atomic E-state index is 0.0873. The van der Waals surface area contributed by atoms with Crippen molar-refractivity contribution in [1.29, 1.82) is 0 Å². The van der Waals surface area contributed by atoms with E-state index in [1.807, 2.05) is 13.0 Å². The second-order valence-corrected chi connectivity index (χ2v) is 5.45. The highest BCUT2D eigenvalue weighted by molar-refractivity contribution is 5.50. The molecule has 2 N–H and O–H groups in total. The molecule has 17 heavy (non-hydrogen) atoms. The highest BCUT2D eigenvalue weighted by Crippen LogP contribution is 2.25. The van der Waals surface area contributed by atoms with Crippen LogP contribution in [0.25, 0.3) is 0 Å². The van der Waals surface area contributed by atoms with Gasteiger partial charge in [0.15, 0.2) is 0 Å². The predicted octanol–water partition coefficient (Wildman–Crippen LogP) is 3.50. The fourth-order valence-electron chi connectivity index (χ4n) is 1.85. The number of hydrogen-bond donors (Lipinski definition) is 1. The van der Waals surface area contributed by atoms with Gasteiger partial charge in [0, 0.05) is 23.8 Å². The molecule has 1 rings (SSSR count). The molecule has 0 aromatic heterocycles. The van der Waals surface area contributed by atoms with Crippen molar-refractivity contribution in [2.75, 3.05) is 11.4 Å². The molecule has 0 aliphatic heterocycles. The molecule has 0 saturated carbocycles. The number of nitrogens with zero attached hydrogens (tertiary/aromatic N) is 1. The SMILES string of the molecule is C=CCN(c1ccc([C@@H](C)N)cc1)C(C)(C)C. The molecular formula is C15H24N2. The van der Waals surface area contributed by atoms with E-state index in [-0.39, 0.29) is 11.6 Å². The zero-order valence-corrected chi connectivity index (χ0v) is 11.4. The fraction of sp³-hybridized carbons (Fsp3) is 0.467. The summed E-state index contributed by atoms with van der Waals surface area (Å²) in [6.07, 6.45) is 1.94. The van der Waals surface area contributed by atoms with Gasteiger partial charge in [0.05, 0.1) is 0 Å². The van der Waals surface area contributed by atoms with Gasteiger partial charge in [-0.2, -0.15) is 0 Å². The topological polar surface area (TPSA) is 29.3 Å². The molecule has 0 bridgehead atoms. The van der Waals surface area contributed by atoms with Crippen LogP contribution in [0.2, 0.25) is 0 Å². The molecular weight excluding hydrogens is 208 g/mol. The summed E-state index contributed by atoms with van der Waals surface area (Å²) in [5, 5.41) is 0. The molecule has 0 radical (unpaired) electrons. The van der Waals surface area contributed by atoms with E-state index >= 15 is 0 Å². The van der Waals surface area contributed by atoms with Crippen molar-refractivity contribution in [3.05, 3.63) is 42.5 Å². The minimum atomic E-state index is 0.0873. The van der Waals surface area contributed by atoms with Crippen molar-refractivity contribution in [2.24, 2.45) is 5.73 Å². The Labute approximate surface area is 105 Å². The van der Waals surface area contributed by atoms with Gasteiger partial charge in [-0.3, -0.25) is 0 Å². The molecule has 2 heteroatoms. The summed E-state index contributed by atoms with van der Waals surface area (Å²) < 4.78 is 0. The molecule has 1 aromatic carbocycles. The van der Waals surface area contributed by atoms with Crippen LogP contribution in [-0.2, 0) is 0 Å². The Hall–Kier alpha value is -1.28. The third-order valence-electron chi connectivity index (χ3n) is 2.85. The van der Waals surface area contributed by atoms with Crippen LogP contribution in [0.3, 0.4) is 0 Å². The summed E-state index contributed by atoms with van der Waals surface area (Å²) in [6.45, 7) is 13.3. The van der Waals surface area contributed by atoms with Crippen LogP contribution in [0.1, 0.15) is 39.3 Å². The molecule has 94 valence electrons. The molecule has 0 saturated heterocycles. The lowest BCUT2D eigenvalue weighted by Gasteiger charge is -2.37. The third-order valence-corrected chi connectivity index (χ3v) is 2.85. The number of nitrogens with two attached hydrogens (primary N) is 1. The minimum Gasteiger partial charge on any atom is -0.363 e. The van der Waals surface area contributed by atoms with E-state index in [0.29, 0.717) is 0 Å². The van der Waals surface area contributed by atoms with Gasteiger partial charge in [-0.25, -0.2) is 0 Å². The first-order valence-electron chi connectivity index (χ1n) is 6.10. The second-order valence-electron chi connectivity index (χ2n) is 5.45. The lowest BCUT2D eigenvalue weighted by atomic mass is 10.0. The first-order valence-corrected chi connectivity index (χ1v) is 6.10. The van der Waals surface area contributed by atoms with Crippen LogP contribution in [0.4, 0.5) is 5.69 Å². The van der Waals surface area contributed by atoms with Gasteiger partial charge in [-0.1, -0.05) is 18.2 Å². The van der Waals surface area contributed by atoms with Gasteiger partial charge in [0.2, 0.25) is 0 Å². The molecule has 1 atom stereocenters. The van der Waals surface area contributed by atoms with E-state index in [2.05, 4.69) is 56.5 Å². The van der Waals surface area contributed by atoms with Crippen molar-refractivity contribution in [1.82, 2.24) is 0 Å². The van der Waals surface area contributed by atoms with E-state index in [1.165, 1.54) is 11.3 Å². The predicted molar refractivity (Wildman–Crippen MR) is 76.3 cm³/mol. The highest BCUT2D eigenvalue weighted by atomic mass is 15.2. The van der Waals surface area contributed by atoms with Crippen LogP contribution in [-0.4, -0.2) is 12.1 Å². The molecule has 0 aliphatic rings. The van der Waals surface area contributed by atoms with Gasteiger partial charge in [-0.15, -0.1) is 6.58 Å². The first kappa shape index (κ1) is 13.8. The largest absolute Gasteiger partial charge is 0.363 e. The molecule has 0 aliphatic carbocycles. The van der Waals surface area contributed by atoms with E-state index in [9.17, 15) is 0 Å². The van der Waals surface area contributed by atoms with Gasteiger partial charge in [-0.05, 0) is 45.4 Å². The van der Waals surface area contributed by atoms with E-state index in [0.717, 1.165) is 6.54 Å². The number of hydrogen-bond acceptors (Lipinski definition) is 2. The Morgan fingerprint density at radius 3 is 2.18 bits per heavy atom. The fourth-order valence-corrected chi connectivity index (χ4v) is 1.85. The molecule has 1 aromatic rings. The standard InChI is InChI=1S/C15H24N2/c1-6-11-17(15(3,4)5)14-9-7-13(8-10-14)12(2)16/h6-10,12H,1,11,16H2,2-5H3/t12-/m1/s1. The number of rotatable bonds is 4. The van der Waals surface area contributed by atoms with Crippen molar-refractivity contribution in [3.63, 3.8) is 0 Å². The van der Waals surface area contributed by atoms with E-state index in [4.69, 9.17) is 5.73 Å². The van der Waals surface area contributed by atoms with Crippen molar-refractivity contribution < 1.29 is 0 Å². The average Bonchev–Trinajstić information content (AvgIpc) is 2.24. The number of benzene rings is 1. The number of anilines is 1. The third kappa shape index (κ3) is 3.60. The zero-order chi connectivity index (χ0) is 13.1. The maximum atomic E-state index is 5.85. The van der Waals surface area contributed by atoms with Crippen molar-refractivity contribution in [3.8, 4) is 0 Å². The average molecular weight is 232 g/mol. The van der Waals surface area contributed by atoms with Crippen LogP contribution < -0.4 is 10.6 Å². The molecule has 0 spiro atoms. The van der Waals surface area contributed by atoms with Crippen LogP contribution in [0.5, 0.6) is 0 Å². The monoisotopic (exact) mass is 232 g/mol. The van der Waals surface area contributed by atoms with E-state index in [1.54, 1.807) is 0 Å². The summed E-state index contributed by atoms with van der Waals surface area (Å²) in [4.78, 5) is 2.32.